The topological polar surface area (TPSA) is 47.0 Å². The summed E-state index contributed by atoms with van der Waals surface area (Å²) in [6, 6.07) is 5.27. The van der Waals surface area contributed by atoms with Gasteiger partial charge >= 0.3 is 6.18 Å². The first-order valence-corrected chi connectivity index (χ1v) is 7.57. The molecule has 0 aliphatic carbocycles. The van der Waals surface area contributed by atoms with E-state index in [2.05, 4.69) is 4.98 Å². The Morgan fingerprint density at radius 1 is 1.15 bits per heavy atom. The van der Waals surface area contributed by atoms with Crippen molar-refractivity contribution in [3.8, 4) is 11.1 Å². The minimum absolute atomic E-state index is 0.155. The van der Waals surface area contributed by atoms with Crippen LogP contribution < -0.4 is 0 Å². The van der Waals surface area contributed by atoms with E-state index in [4.69, 9.17) is 10.7 Å². The molecule has 20 heavy (non-hydrogen) atoms. The van der Waals surface area contributed by atoms with Crippen molar-refractivity contribution >= 4 is 19.7 Å². The van der Waals surface area contributed by atoms with Gasteiger partial charge < -0.3 is 0 Å². The molecule has 0 radical (unpaired) electrons. The lowest BCUT2D eigenvalue weighted by atomic mass is 10.0. The molecular weight excluding hydrogens is 315 g/mol. The maximum Gasteiger partial charge on any atom is 0.417 e. The number of halogens is 4. The van der Waals surface area contributed by atoms with Crippen molar-refractivity contribution in [2.24, 2.45) is 0 Å². The van der Waals surface area contributed by atoms with Crippen molar-refractivity contribution in [3.63, 3.8) is 0 Å². The molecule has 0 bridgehead atoms. The number of rotatable bonds is 2. The van der Waals surface area contributed by atoms with Gasteiger partial charge in [-0.25, -0.2) is 8.42 Å². The molecule has 0 aliphatic heterocycles. The summed E-state index contributed by atoms with van der Waals surface area (Å²) in [6.07, 6.45) is -1.99. The number of hydrogen-bond acceptors (Lipinski definition) is 3. The highest BCUT2D eigenvalue weighted by molar-refractivity contribution is 8.13. The summed E-state index contributed by atoms with van der Waals surface area (Å²) in [4.78, 5) is 3.33. The molecule has 0 N–H and O–H groups in total. The number of benzene rings is 1. The predicted molar refractivity (Wildman–Crippen MR) is 67.7 cm³/mol. The van der Waals surface area contributed by atoms with E-state index in [-0.39, 0.29) is 11.1 Å². The highest BCUT2D eigenvalue weighted by Gasteiger charge is 2.34. The number of pyridine rings is 1. The third-order valence-corrected chi connectivity index (χ3v) is 3.90. The second-order valence-electron chi connectivity index (χ2n) is 3.88. The van der Waals surface area contributed by atoms with Gasteiger partial charge in [-0.1, -0.05) is 6.07 Å². The van der Waals surface area contributed by atoms with Crippen LogP contribution in [0, 0.1) is 0 Å². The molecular formula is C12H7ClF3NO2S. The summed E-state index contributed by atoms with van der Waals surface area (Å²) < 4.78 is 61.4. The number of aromatic nitrogens is 1. The molecule has 0 spiro atoms. The smallest absolute Gasteiger partial charge is 0.264 e. The Balaban J connectivity index is 2.74. The highest BCUT2D eigenvalue weighted by atomic mass is 35.7. The Morgan fingerprint density at radius 3 is 2.35 bits per heavy atom. The molecule has 3 nitrogen and oxygen atoms in total. The van der Waals surface area contributed by atoms with Crippen LogP contribution in [0.3, 0.4) is 0 Å². The molecule has 2 rings (SSSR count). The fraction of sp³-hybridized carbons (Fsp3) is 0.0833. The van der Waals surface area contributed by atoms with Gasteiger partial charge in [0.15, 0.2) is 0 Å². The second-order valence-corrected chi connectivity index (χ2v) is 6.45. The van der Waals surface area contributed by atoms with Gasteiger partial charge in [0, 0.05) is 28.6 Å². The molecule has 0 fully saturated rings. The standard InChI is InChI=1S/C12H7ClF3NO2S/c13-20(18,19)9-3-4-11(12(14,15)16)10(6-9)8-2-1-5-17-7-8/h1-7H. The van der Waals surface area contributed by atoms with Crippen LogP contribution in [-0.2, 0) is 15.2 Å². The number of hydrogen-bond donors (Lipinski definition) is 0. The minimum atomic E-state index is -4.61. The van der Waals surface area contributed by atoms with Crippen LogP contribution >= 0.6 is 10.7 Å². The van der Waals surface area contributed by atoms with Gasteiger partial charge in [0.25, 0.3) is 9.05 Å². The van der Waals surface area contributed by atoms with E-state index in [0.29, 0.717) is 6.07 Å². The van der Waals surface area contributed by atoms with Gasteiger partial charge in [0.2, 0.25) is 0 Å². The van der Waals surface area contributed by atoms with Gasteiger partial charge in [0.05, 0.1) is 10.5 Å². The fourth-order valence-electron chi connectivity index (χ4n) is 1.68. The first-order chi connectivity index (χ1) is 9.19. The van der Waals surface area contributed by atoms with E-state index < -0.39 is 25.7 Å². The first-order valence-electron chi connectivity index (χ1n) is 5.26. The number of alkyl halides is 3. The van der Waals surface area contributed by atoms with Gasteiger partial charge in [-0.2, -0.15) is 13.2 Å². The Hall–Kier alpha value is -1.60. The fourth-order valence-corrected chi connectivity index (χ4v) is 2.46. The Labute approximate surface area is 117 Å². The Morgan fingerprint density at radius 2 is 1.85 bits per heavy atom. The largest absolute Gasteiger partial charge is 0.417 e. The van der Waals surface area contributed by atoms with Gasteiger partial charge in [-0.05, 0) is 29.8 Å². The number of nitrogens with zero attached hydrogens (tertiary/aromatic N) is 1. The Kier molecular flexibility index (Phi) is 3.75. The zero-order chi connectivity index (χ0) is 15.0. The average Bonchev–Trinajstić information content (AvgIpc) is 2.37. The minimum Gasteiger partial charge on any atom is -0.264 e. The highest BCUT2D eigenvalue weighted by Crippen LogP contribution is 2.38. The van der Waals surface area contributed by atoms with Crippen molar-refractivity contribution in [3.05, 3.63) is 48.3 Å². The normalized spacial score (nSPS) is 12.4. The van der Waals surface area contributed by atoms with Crippen molar-refractivity contribution in [1.82, 2.24) is 4.98 Å². The van der Waals surface area contributed by atoms with E-state index in [0.717, 1.165) is 12.1 Å². The second kappa shape index (κ2) is 5.06. The quantitative estimate of drug-likeness (QED) is 0.792. The SMILES string of the molecule is O=S(=O)(Cl)c1ccc(C(F)(F)F)c(-c2cccnc2)c1. The van der Waals surface area contributed by atoms with Crippen molar-refractivity contribution in [2.45, 2.75) is 11.1 Å². The van der Waals surface area contributed by atoms with E-state index in [1.165, 1.54) is 24.5 Å². The van der Waals surface area contributed by atoms with E-state index in [9.17, 15) is 21.6 Å². The third kappa shape index (κ3) is 3.10. The first kappa shape index (κ1) is 14.8. The third-order valence-electron chi connectivity index (χ3n) is 2.55. The van der Waals surface area contributed by atoms with Crippen molar-refractivity contribution in [1.29, 1.82) is 0 Å². The summed E-state index contributed by atoms with van der Waals surface area (Å²) in [5.41, 5.74) is -1.08. The van der Waals surface area contributed by atoms with Crippen LogP contribution in [0.4, 0.5) is 13.2 Å². The molecule has 0 saturated carbocycles. The Bertz CT molecular complexity index is 730. The summed E-state index contributed by atoms with van der Waals surface area (Å²) in [6.45, 7) is 0. The maximum atomic E-state index is 13.0. The van der Waals surface area contributed by atoms with Crippen LogP contribution in [0.25, 0.3) is 11.1 Å². The summed E-state index contributed by atoms with van der Waals surface area (Å²) in [7, 11) is 1.05. The zero-order valence-corrected chi connectivity index (χ0v) is 11.3. The van der Waals surface area contributed by atoms with Crippen LogP contribution in [0.1, 0.15) is 5.56 Å². The van der Waals surface area contributed by atoms with Gasteiger partial charge in [-0.15, -0.1) is 0 Å². The summed E-state index contributed by atoms with van der Waals surface area (Å²) >= 11 is 0. The molecule has 0 unspecified atom stereocenters. The lowest BCUT2D eigenvalue weighted by Gasteiger charge is -2.13. The van der Waals surface area contributed by atoms with Gasteiger partial charge in [-0.3, -0.25) is 4.98 Å². The molecule has 1 aromatic carbocycles. The van der Waals surface area contributed by atoms with Gasteiger partial charge in [0.1, 0.15) is 0 Å². The summed E-state index contributed by atoms with van der Waals surface area (Å²) in [5, 5.41) is 0. The lowest BCUT2D eigenvalue weighted by Crippen LogP contribution is -2.08. The molecule has 1 heterocycles. The molecule has 106 valence electrons. The molecule has 0 atom stereocenters. The molecule has 2 aromatic rings. The zero-order valence-electron chi connectivity index (χ0n) is 9.73. The molecule has 8 heteroatoms. The van der Waals surface area contributed by atoms with Crippen LogP contribution in [0.15, 0.2) is 47.6 Å². The maximum absolute atomic E-state index is 13.0. The van der Waals surface area contributed by atoms with Crippen molar-refractivity contribution in [2.75, 3.05) is 0 Å². The molecule has 1 aromatic heterocycles. The predicted octanol–water partition coefficient (Wildman–Crippen LogP) is 3.69. The molecule has 0 saturated heterocycles. The van der Waals surface area contributed by atoms with Crippen molar-refractivity contribution < 1.29 is 21.6 Å². The average molecular weight is 322 g/mol. The van der Waals surface area contributed by atoms with Crippen LogP contribution in [0.5, 0.6) is 0 Å². The molecule has 0 amide bonds. The lowest BCUT2D eigenvalue weighted by molar-refractivity contribution is -0.137. The van der Waals surface area contributed by atoms with Crippen LogP contribution in [0.2, 0.25) is 0 Å². The molecule has 0 aliphatic rings. The summed E-state index contributed by atoms with van der Waals surface area (Å²) in [5.74, 6) is 0. The van der Waals surface area contributed by atoms with E-state index in [1.54, 1.807) is 0 Å². The van der Waals surface area contributed by atoms with E-state index in [1.807, 2.05) is 0 Å². The monoisotopic (exact) mass is 321 g/mol. The van der Waals surface area contributed by atoms with Crippen LogP contribution in [-0.4, -0.2) is 13.4 Å². The van der Waals surface area contributed by atoms with E-state index >= 15 is 0 Å².